The highest BCUT2D eigenvalue weighted by atomic mass is 16.6. The molecule has 0 amide bonds. The van der Waals surface area contributed by atoms with Crippen molar-refractivity contribution in [3.63, 3.8) is 0 Å². The van der Waals surface area contributed by atoms with Gasteiger partial charge in [-0.3, -0.25) is 14.4 Å². The summed E-state index contributed by atoms with van der Waals surface area (Å²) in [5, 5.41) is 10.3. The van der Waals surface area contributed by atoms with Gasteiger partial charge >= 0.3 is 29.8 Å². The van der Waals surface area contributed by atoms with E-state index < -0.39 is 36.1 Å². The van der Waals surface area contributed by atoms with Crippen molar-refractivity contribution in [1.82, 2.24) is 0 Å². The van der Waals surface area contributed by atoms with E-state index in [2.05, 4.69) is 17.9 Å². The summed E-state index contributed by atoms with van der Waals surface area (Å²) in [5.74, 6) is -2.22. The predicted molar refractivity (Wildman–Crippen MR) is 181 cm³/mol. The van der Waals surface area contributed by atoms with Crippen molar-refractivity contribution in [1.29, 1.82) is 0 Å². The van der Waals surface area contributed by atoms with Crippen LogP contribution in [0.2, 0.25) is 0 Å². The van der Waals surface area contributed by atoms with Crippen LogP contribution in [-0.2, 0) is 49.3 Å². The molecule has 0 bridgehead atoms. The van der Waals surface area contributed by atoms with E-state index in [1.165, 1.54) is 6.08 Å². The quantitative estimate of drug-likeness (QED) is 0.0427. The summed E-state index contributed by atoms with van der Waals surface area (Å²) in [5.41, 5.74) is 3.60. The average molecular weight is 687 g/mol. The van der Waals surface area contributed by atoms with E-state index in [0.717, 1.165) is 34.4 Å². The summed E-state index contributed by atoms with van der Waals surface area (Å²) < 4.78 is 30.3. The maximum Gasteiger partial charge on any atom is 0.330 e. The Hall–Kier alpha value is -6.01. The first-order valence-electron chi connectivity index (χ1n) is 15.6. The monoisotopic (exact) mass is 686 g/mol. The second kappa shape index (κ2) is 21.1. The topological polar surface area (TPSA) is 161 Å². The number of rotatable bonds is 20. The Balaban J connectivity index is 1.34. The number of benzene rings is 3. The molecule has 0 aromatic heterocycles. The molecule has 1 unspecified atom stereocenters. The van der Waals surface area contributed by atoms with E-state index in [1.807, 2.05) is 36.4 Å². The molecular weight excluding hydrogens is 648 g/mol. The van der Waals surface area contributed by atoms with Crippen LogP contribution in [-0.4, -0.2) is 67.7 Å². The lowest BCUT2D eigenvalue weighted by molar-refractivity contribution is -0.153. The number of hydrogen-bond acceptors (Lipinski definition) is 12. The van der Waals surface area contributed by atoms with Gasteiger partial charge < -0.3 is 33.5 Å². The highest BCUT2D eigenvalue weighted by Crippen LogP contribution is 2.24. The minimum Gasteiger partial charge on any atom is -0.465 e. The second-order valence-electron chi connectivity index (χ2n) is 10.3. The number of carbonyl (C=O) groups excluding carboxylic acids is 5. The SMILES string of the molecule is C=CC(=O)OCCOC(=O)CCC(=O)OCCC(=O)Oc1ccc(-c2ccc(/C=C/C(O)Oc3ccc(CCOC(=O)C=C)cc3)cc2)cc1. The Kier molecular flexibility index (Phi) is 16.2. The van der Waals surface area contributed by atoms with Gasteiger partial charge in [0, 0.05) is 18.6 Å². The Morgan fingerprint density at radius 3 is 1.72 bits per heavy atom. The summed E-state index contributed by atoms with van der Waals surface area (Å²) in [7, 11) is 0. The summed E-state index contributed by atoms with van der Waals surface area (Å²) in [6.45, 7) is 6.36. The number of aliphatic hydroxyl groups is 1. The van der Waals surface area contributed by atoms with Gasteiger partial charge in [0.2, 0.25) is 6.29 Å². The first kappa shape index (κ1) is 38.4. The van der Waals surface area contributed by atoms with E-state index in [0.29, 0.717) is 17.9 Å². The smallest absolute Gasteiger partial charge is 0.330 e. The largest absolute Gasteiger partial charge is 0.465 e. The van der Waals surface area contributed by atoms with E-state index in [4.69, 9.17) is 23.7 Å². The zero-order chi connectivity index (χ0) is 36.1. The second-order valence-corrected chi connectivity index (χ2v) is 10.3. The normalized spacial score (nSPS) is 11.1. The van der Waals surface area contributed by atoms with E-state index in [9.17, 15) is 29.1 Å². The molecule has 262 valence electrons. The maximum atomic E-state index is 12.2. The van der Waals surface area contributed by atoms with Crippen molar-refractivity contribution >= 4 is 35.9 Å². The van der Waals surface area contributed by atoms with Crippen molar-refractivity contribution in [2.45, 2.75) is 32.0 Å². The molecule has 0 spiro atoms. The third-order valence-electron chi connectivity index (χ3n) is 6.63. The molecule has 1 atom stereocenters. The first-order chi connectivity index (χ1) is 24.1. The van der Waals surface area contributed by atoms with Gasteiger partial charge in [0.1, 0.15) is 31.3 Å². The van der Waals surface area contributed by atoms with Crippen LogP contribution in [0.3, 0.4) is 0 Å². The lowest BCUT2D eigenvalue weighted by Crippen LogP contribution is -2.16. The molecule has 12 heteroatoms. The minimum atomic E-state index is -1.17. The maximum absolute atomic E-state index is 12.2. The molecule has 50 heavy (non-hydrogen) atoms. The number of hydrogen-bond donors (Lipinski definition) is 1. The van der Waals surface area contributed by atoms with Crippen LogP contribution < -0.4 is 9.47 Å². The molecule has 0 saturated heterocycles. The molecule has 0 aliphatic carbocycles. The fourth-order valence-electron chi connectivity index (χ4n) is 4.07. The first-order valence-corrected chi connectivity index (χ1v) is 15.6. The van der Waals surface area contributed by atoms with Gasteiger partial charge in [-0.05, 0) is 52.6 Å². The van der Waals surface area contributed by atoms with E-state index >= 15 is 0 Å². The molecule has 12 nitrogen and oxygen atoms in total. The van der Waals surface area contributed by atoms with Gasteiger partial charge in [-0.2, -0.15) is 0 Å². The Bertz CT molecular complexity index is 1620. The third kappa shape index (κ3) is 14.8. The van der Waals surface area contributed by atoms with Crippen molar-refractivity contribution in [2.24, 2.45) is 0 Å². The standard InChI is InChI=1S/C38H38O12/c1-3-33(39)45-23-21-28-7-14-31(15-8-28)49-37(43)18-9-27-5-10-29(11-6-27)30-12-16-32(17-13-30)50-38(44)22-24-46-35(41)19-20-36(42)48-26-25-47-34(40)4-2/h3-18,37,43H,1-2,19-26H2/b18-9+. The van der Waals surface area contributed by atoms with Gasteiger partial charge in [0.25, 0.3) is 0 Å². The van der Waals surface area contributed by atoms with Crippen LogP contribution in [0.4, 0.5) is 0 Å². The van der Waals surface area contributed by atoms with Gasteiger partial charge in [0.05, 0.1) is 25.9 Å². The van der Waals surface area contributed by atoms with Gasteiger partial charge in [-0.25, -0.2) is 9.59 Å². The predicted octanol–water partition coefficient (Wildman–Crippen LogP) is 4.93. The van der Waals surface area contributed by atoms with Crippen LogP contribution in [0.1, 0.15) is 30.4 Å². The Morgan fingerprint density at radius 2 is 1.12 bits per heavy atom. The van der Waals surface area contributed by atoms with Crippen LogP contribution in [0.15, 0.2) is 104 Å². The Morgan fingerprint density at radius 1 is 0.600 bits per heavy atom. The summed E-state index contributed by atoms with van der Waals surface area (Å²) >= 11 is 0. The molecule has 0 heterocycles. The van der Waals surface area contributed by atoms with Gasteiger partial charge in [-0.15, -0.1) is 0 Å². The molecule has 0 fully saturated rings. The van der Waals surface area contributed by atoms with Crippen LogP contribution in [0.25, 0.3) is 17.2 Å². The van der Waals surface area contributed by atoms with Crippen LogP contribution in [0.5, 0.6) is 11.5 Å². The molecule has 3 aromatic rings. The van der Waals surface area contributed by atoms with Crippen molar-refractivity contribution in [3.8, 4) is 22.6 Å². The number of carbonyl (C=O) groups is 5. The minimum absolute atomic E-state index is 0.124. The van der Waals surface area contributed by atoms with Crippen molar-refractivity contribution < 1.29 is 57.5 Å². The summed E-state index contributed by atoms with van der Waals surface area (Å²) in [6, 6.07) is 21.6. The fourth-order valence-corrected chi connectivity index (χ4v) is 4.07. The number of ether oxygens (including phenoxy) is 6. The third-order valence-corrected chi connectivity index (χ3v) is 6.63. The summed E-state index contributed by atoms with van der Waals surface area (Å²) in [6.07, 6.45) is 4.11. The molecule has 0 aliphatic heterocycles. The number of aliphatic hydroxyl groups excluding tert-OH is 1. The van der Waals surface area contributed by atoms with Gasteiger partial charge in [-0.1, -0.05) is 67.8 Å². The zero-order valence-electron chi connectivity index (χ0n) is 27.3. The number of esters is 5. The summed E-state index contributed by atoms with van der Waals surface area (Å²) in [4.78, 5) is 57.7. The molecule has 3 rings (SSSR count). The molecule has 3 aromatic carbocycles. The molecule has 0 aliphatic rings. The highest BCUT2D eigenvalue weighted by molar-refractivity contribution is 5.81. The molecule has 1 N–H and O–H groups in total. The highest BCUT2D eigenvalue weighted by Gasteiger charge is 2.12. The molecule has 0 radical (unpaired) electrons. The van der Waals surface area contributed by atoms with Crippen LogP contribution in [0, 0.1) is 0 Å². The Labute approximate surface area is 289 Å². The zero-order valence-corrected chi connectivity index (χ0v) is 27.3. The van der Waals surface area contributed by atoms with Crippen molar-refractivity contribution in [2.75, 3.05) is 26.4 Å². The van der Waals surface area contributed by atoms with E-state index in [-0.39, 0.29) is 45.7 Å². The lowest BCUT2D eigenvalue weighted by atomic mass is 10.0. The van der Waals surface area contributed by atoms with E-state index in [1.54, 1.807) is 42.5 Å². The lowest BCUT2D eigenvalue weighted by Gasteiger charge is -2.10. The fraction of sp³-hybridized carbons (Fsp3) is 0.237. The van der Waals surface area contributed by atoms with Crippen molar-refractivity contribution in [3.05, 3.63) is 115 Å². The molecule has 0 saturated carbocycles. The van der Waals surface area contributed by atoms with Gasteiger partial charge in [0.15, 0.2) is 0 Å². The van der Waals surface area contributed by atoms with Crippen LogP contribution >= 0.6 is 0 Å². The average Bonchev–Trinajstić information content (AvgIpc) is 3.12. The molecular formula is C38H38O12.